The molecule has 0 amide bonds. The number of rotatable bonds is 5. The van der Waals surface area contributed by atoms with Gasteiger partial charge >= 0.3 is 6.18 Å². The highest BCUT2D eigenvalue weighted by Gasteiger charge is 2.28. The van der Waals surface area contributed by atoms with Crippen LogP contribution in [0, 0.1) is 6.92 Å². The van der Waals surface area contributed by atoms with Crippen LogP contribution in [0.2, 0.25) is 0 Å². The number of nitrogens with two attached hydrogens (primary N) is 1. The molecule has 1 aromatic rings. The topological polar surface area (TPSA) is 50.9 Å². The number of hydrogen-bond acceptors (Lipinski definition) is 4. The Balaban J connectivity index is 2.43. The molecule has 1 rings (SSSR count). The second kappa shape index (κ2) is 5.60. The second-order valence-corrected chi connectivity index (χ2v) is 4.55. The summed E-state index contributed by atoms with van der Waals surface area (Å²) < 4.78 is 36.0. The van der Waals surface area contributed by atoms with Crippen molar-refractivity contribution in [3.05, 3.63) is 16.1 Å². The van der Waals surface area contributed by atoms with Gasteiger partial charge in [0.25, 0.3) is 0 Å². The van der Waals surface area contributed by atoms with Crippen molar-refractivity contribution < 1.29 is 13.2 Å². The van der Waals surface area contributed by atoms with E-state index in [1.807, 2.05) is 12.3 Å². The van der Waals surface area contributed by atoms with Crippen LogP contribution in [-0.2, 0) is 6.42 Å². The van der Waals surface area contributed by atoms with E-state index in [4.69, 9.17) is 5.84 Å². The molecule has 0 bridgehead atoms. The first-order chi connectivity index (χ1) is 7.40. The van der Waals surface area contributed by atoms with E-state index < -0.39 is 12.6 Å². The number of hydrogen-bond donors (Lipinski definition) is 2. The summed E-state index contributed by atoms with van der Waals surface area (Å²) in [6, 6.07) is -0.382. The summed E-state index contributed by atoms with van der Waals surface area (Å²) in [5, 5.41) is 2.68. The van der Waals surface area contributed by atoms with Gasteiger partial charge in [-0.15, -0.1) is 11.3 Å². The Kier molecular flexibility index (Phi) is 4.69. The first-order valence-corrected chi connectivity index (χ1v) is 5.72. The summed E-state index contributed by atoms with van der Waals surface area (Å²) in [5.41, 5.74) is 3.28. The van der Waals surface area contributed by atoms with Crippen LogP contribution >= 0.6 is 11.3 Å². The number of alkyl halides is 3. The van der Waals surface area contributed by atoms with Crippen molar-refractivity contribution in [1.82, 2.24) is 10.4 Å². The van der Waals surface area contributed by atoms with Gasteiger partial charge in [-0.3, -0.25) is 11.3 Å². The Morgan fingerprint density at radius 1 is 1.56 bits per heavy atom. The number of nitrogens with zero attached hydrogens (tertiary/aromatic N) is 1. The van der Waals surface area contributed by atoms with Crippen LogP contribution in [0.5, 0.6) is 0 Å². The highest BCUT2D eigenvalue weighted by molar-refractivity contribution is 7.09. The van der Waals surface area contributed by atoms with Crippen molar-refractivity contribution in [2.24, 2.45) is 5.84 Å². The van der Waals surface area contributed by atoms with Crippen molar-refractivity contribution in [2.75, 3.05) is 0 Å². The minimum atomic E-state index is -4.13. The van der Waals surface area contributed by atoms with E-state index in [-0.39, 0.29) is 12.5 Å². The molecule has 1 unspecified atom stereocenters. The van der Waals surface area contributed by atoms with Crippen LogP contribution in [0.4, 0.5) is 13.2 Å². The maximum Gasteiger partial charge on any atom is 0.389 e. The molecule has 7 heteroatoms. The second-order valence-electron chi connectivity index (χ2n) is 3.60. The van der Waals surface area contributed by atoms with E-state index in [2.05, 4.69) is 10.4 Å². The minimum Gasteiger partial charge on any atom is -0.271 e. The fourth-order valence-electron chi connectivity index (χ4n) is 1.29. The van der Waals surface area contributed by atoms with E-state index in [0.717, 1.165) is 10.7 Å². The van der Waals surface area contributed by atoms with Crippen LogP contribution in [0.15, 0.2) is 5.38 Å². The number of aryl methyl sites for hydroxylation is 1. The third kappa shape index (κ3) is 4.91. The lowest BCUT2D eigenvalue weighted by Crippen LogP contribution is -2.37. The smallest absolute Gasteiger partial charge is 0.271 e. The molecule has 1 atom stereocenters. The van der Waals surface area contributed by atoms with Gasteiger partial charge in [-0.1, -0.05) is 0 Å². The Labute approximate surface area is 95.8 Å². The number of hydrazine groups is 1. The van der Waals surface area contributed by atoms with Gasteiger partial charge < -0.3 is 0 Å². The molecule has 0 fully saturated rings. The van der Waals surface area contributed by atoms with Crippen LogP contribution < -0.4 is 11.3 Å². The Morgan fingerprint density at radius 3 is 2.69 bits per heavy atom. The fraction of sp³-hybridized carbons (Fsp3) is 0.667. The monoisotopic (exact) mass is 253 g/mol. The number of nitrogens with one attached hydrogen (secondary N) is 1. The van der Waals surface area contributed by atoms with Gasteiger partial charge in [-0.05, 0) is 13.3 Å². The van der Waals surface area contributed by atoms with Crippen LogP contribution in [0.25, 0.3) is 0 Å². The zero-order valence-electron chi connectivity index (χ0n) is 8.84. The van der Waals surface area contributed by atoms with Crippen molar-refractivity contribution in [2.45, 2.75) is 38.4 Å². The third-order valence-corrected chi connectivity index (χ3v) is 3.09. The third-order valence-electron chi connectivity index (χ3n) is 2.10. The summed E-state index contributed by atoms with van der Waals surface area (Å²) in [6.07, 6.45) is -4.55. The van der Waals surface area contributed by atoms with E-state index in [1.165, 1.54) is 11.3 Å². The van der Waals surface area contributed by atoms with E-state index in [0.29, 0.717) is 6.42 Å². The summed E-state index contributed by atoms with van der Waals surface area (Å²) in [6.45, 7) is 1.85. The standard InChI is InChI=1S/C9H14F3N3S/c1-6-5-16-8(14-6)4-7(15-13)2-3-9(10,11)12/h5,7,15H,2-4,13H2,1H3. The predicted octanol–water partition coefficient (Wildman–Crippen LogP) is 2.17. The van der Waals surface area contributed by atoms with Crippen molar-refractivity contribution >= 4 is 11.3 Å². The van der Waals surface area contributed by atoms with Crippen molar-refractivity contribution in [3.8, 4) is 0 Å². The van der Waals surface area contributed by atoms with E-state index >= 15 is 0 Å². The zero-order valence-corrected chi connectivity index (χ0v) is 9.66. The predicted molar refractivity (Wildman–Crippen MR) is 57.0 cm³/mol. The quantitative estimate of drug-likeness (QED) is 0.624. The molecule has 0 saturated carbocycles. The molecule has 3 nitrogen and oxygen atoms in total. The molecule has 0 radical (unpaired) electrons. The average molecular weight is 253 g/mol. The average Bonchev–Trinajstić information content (AvgIpc) is 2.57. The maximum absolute atomic E-state index is 12.0. The molecular weight excluding hydrogens is 239 g/mol. The molecule has 1 heterocycles. The summed E-state index contributed by atoms with van der Waals surface area (Å²) in [4.78, 5) is 4.18. The van der Waals surface area contributed by atoms with Gasteiger partial charge in [0, 0.05) is 30.0 Å². The number of halogens is 3. The molecular formula is C9H14F3N3S. The largest absolute Gasteiger partial charge is 0.389 e. The normalized spacial score (nSPS) is 14.1. The van der Waals surface area contributed by atoms with Crippen molar-refractivity contribution in [3.63, 3.8) is 0 Å². The Morgan fingerprint density at radius 2 is 2.25 bits per heavy atom. The zero-order chi connectivity index (χ0) is 12.2. The van der Waals surface area contributed by atoms with Gasteiger partial charge in [-0.2, -0.15) is 13.2 Å². The maximum atomic E-state index is 12.0. The molecule has 92 valence electrons. The summed E-state index contributed by atoms with van der Waals surface area (Å²) in [5.74, 6) is 5.22. The van der Waals surface area contributed by atoms with Gasteiger partial charge in [0.15, 0.2) is 0 Å². The fourth-order valence-corrected chi connectivity index (χ4v) is 2.14. The first-order valence-electron chi connectivity index (χ1n) is 4.84. The molecule has 0 aliphatic carbocycles. The highest BCUT2D eigenvalue weighted by atomic mass is 32.1. The number of aromatic nitrogens is 1. The molecule has 0 aliphatic heterocycles. The number of thiazole rings is 1. The SMILES string of the molecule is Cc1csc(CC(CCC(F)(F)F)NN)n1. The first kappa shape index (κ1) is 13.4. The van der Waals surface area contributed by atoms with Gasteiger partial charge in [-0.25, -0.2) is 4.98 Å². The summed E-state index contributed by atoms with van der Waals surface area (Å²) >= 11 is 1.44. The molecule has 1 aromatic heterocycles. The van der Waals surface area contributed by atoms with Crippen LogP contribution in [0.3, 0.4) is 0 Å². The molecule has 3 N–H and O–H groups in total. The van der Waals surface area contributed by atoms with E-state index in [1.54, 1.807) is 0 Å². The molecule has 16 heavy (non-hydrogen) atoms. The van der Waals surface area contributed by atoms with Gasteiger partial charge in [0.05, 0.1) is 5.01 Å². The van der Waals surface area contributed by atoms with Gasteiger partial charge in [0.1, 0.15) is 0 Å². The lowest BCUT2D eigenvalue weighted by molar-refractivity contribution is -0.136. The van der Waals surface area contributed by atoms with Crippen molar-refractivity contribution in [1.29, 1.82) is 0 Å². The summed E-state index contributed by atoms with van der Waals surface area (Å²) in [7, 11) is 0. The lowest BCUT2D eigenvalue weighted by Gasteiger charge is -2.15. The van der Waals surface area contributed by atoms with Gasteiger partial charge in [0.2, 0.25) is 0 Å². The molecule has 0 aliphatic rings. The van der Waals surface area contributed by atoms with Crippen LogP contribution in [0.1, 0.15) is 23.5 Å². The lowest BCUT2D eigenvalue weighted by atomic mass is 10.1. The van der Waals surface area contributed by atoms with E-state index in [9.17, 15) is 13.2 Å². The Bertz CT molecular complexity index is 324. The molecule has 0 aromatic carbocycles. The minimum absolute atomic E-state index is 0.0291. The van der Waals surface area contributed by atoms with Crippen LogP contribution in [-0.4, -0.2) is 17.2 Å². The molecule has 0 spiro atoms. The Hall–Kier alpha value is -0.660. The highest BCUT2D eigenvalue weighted by Crippen LogP contribution is 2.23. The molecule has 0 saturated heterocycles.